The van der Waals surface area contributed by atoms with Crippen LogP contribution < -0.4 is 0 Å². The summed E-state index contributed by atoms with van der Waals surface area (Å²) in [5.41, 5.74) is 1.20. The molecule has 0 spiro atoms. The van der Waals surface area contributed by atoms with E-state index >= 15 is 0 Å². The van der Waals surface area contributed by atoms with E-state index in [0.29, 0.717) is 10.8 Å². The minimum absolute atomic E-state index is 0.0313. The van der Waals surface area contributed by atoms with Gasteiger partial charge in [0.2, 0.25) is 0 Å². The van der Waals surface area contributed by atoms with E-state index in [1.165, 1.54) is 25.7 Å². The number of hydrogen-bond donors (Lipinski definition) is 2. The van der Waals surface area contributed by atoms with Gasteiger partial charge in [-0.15, -0.1) is 0 Å². The predicted molar refractivity (Wildman–Crippen MR) is 90.5 cm³/mol. The van der Waals surface area contributed by atoms with Crippen LogP contribution in [0.2, 0.25) is 0 Å². The Morgan fingerprint density at radius 1 is 0.636 bits per heavy atom. The lowest BCUT2D eigenvalue weighted by Crippen LogP contribution is -2.35. The fraction of sp³-hybridized carbons (Fsp3) is 1.00. The van der Waals surface area contributed by atoms with Crippen LogP contribution in [-0.2, 0) is 0 Å². The molecule has 0 saturated heterocycles. The summed E-state index contributed by atoms with van der Waals surface area (Å²) >= 11 is 0. The van der Waals surface area contributed by atoms with E-state index in [9.17, 15) is 10.2 Å². The number of hydrogen-bond acceptors (Lipinski definition) is 2. The highest BCUT2D eigenvalue weighted by Gasteiger charge is 2.61. The van der Waals surface area contributed by atoms with Crippen LogP contribution in [0, 0.1) is 33.5 Å². The van der Waals surface area contributed by atoms with Gasteiger partial charge in [-0.1, -0.05) is 41.5 Å². The van der Waals surface area contributed by atoms with Gasteiger partial charge in [0.05, 0.1) is 12.2 Å². The van der Waals surface area contributed by atoms with Crippen molar-refractivity contribution in [3.8, 4) is 0 Å². The smallest absolute Gasteiger partial charge is 0.0601 e. The number of aliphatic hydroxyl groups is 2. The third kappa shape index (κ3) is 1.86. The molecular formula is C20H36O2. The molecule has 22 heavy (non-hydrogen) atoms. The van der Waals surface area contributed by atoms with Gasteiger partial charge in [-0.25, -0.2) is 0 Å². The second-order valence-electron chi connectivity index (χ2n) is 10.3. The van der Waals surface area contributed by atoms with E-state index < -0.39 is 0 Å². The zero-order chi connectivity index (χ0) is 16.6. The molecule has 4 bridgehead atoms. The maximum Gasteiger partial charge on any atom is 0.0601 e. The minimum Gasteiger partial charge on any atom is -0.393 e. The molecule has 4 rings (SSSR count). The quantitative estimate of drug-likeness (QED) is 0.697. The molecule has 4 aliphatic carbocycles. The lowest BCUT2D eigenvalue weighted by atomic mass is 9.70. The molecule has 0 aromatic carbocycles. The Morgan fingerprint density at radius 2 is 0.955 bits per heavy atom. The maximum absolute atomic E-state index is 9.81. The Kier molecular flexibility index (Phi) is 3.60. The summed E-state index contributed by atoms with van der Waals surface area (Å²) in [5.74, 6) is 1.56. The summed E-state index contributed by atoms with van der Waals surface area (Å²) in [5, 5.41) is 19.6. The molecule has 2 N–H and O–H groups in total. The van der Waals surface area contributed by atoms with Crippen molar-refractivity contribution in [2.75, 3.05) is 0 Å². The summed E-state index contributed by atoms with van der Waals surface area (Å²) < 4.78 is 0. The zero-order valence-corrected chi connectivity index (χ0v) is 15.4. The van der Waals surface area contributed by atoms with Crippen molar-refractivity contribution < 1.29 is 10.2 Å². The van der Waals surface area contributed by atoms with Crippen molar-refractivity contribution >= 4 is 0 Å². The summed E-state index contributed by atoms with van der Waals surface area (Å²) in [6.07, 6.45) is 7.15. The average molecular weight is 309 g/mol. The third-order valence-corrected chi connectivity index (χ3v) is 9.50. The second-order valence-corrected chi connectivity index (χ2v) is 10.3. The van der Waals surface area contributed by atoms with Crippen LogP contribution in [0.15, 0.2) is 0 Å². The number of aliphatic hydroxyl groups excluding tert-OH is 2. The van der Waals surface area contributed by atoms with Gasteiger partial charge in [-0.05, 0) is 72.0 Å². The van der Waals surface area contributed by atoms with E-state index in [0.717, 1.165) is 24.7 Å². The van der Waals surface area contributed by atoms with Gasteiger partial charge >= 0.3 is 0 Å². The van der Waals surface area contributed by atoms with E-state index in [2.05, 4.69) is 41.5 Å². The molecule has 2 nitrogen and oxygen atoms in total. The van der Waals surface area contributed by atoms with Gasteiger partial charge in [0.15, 0.2) is 0 Å². The summed E-state index contributed by atoms with van der Waals surface area (Å²) in [4.78, 5) is 0. The molecule has 2 heteroatoms. The number of rotatable bonds is 0. The third-order valence-electron chi connectivity index (χ3n) is 9.50. The van der Waals surface area contributed by atoms with E-state index in [1.54, 1.807) is 0 Å². The first-order chi connectivity index (χ1) is 9.97. The molecule has 0 amide bonds. The molecule has 0 heterocycles. The van der Waals surface area contributed by atoms with E-state index in [1.807, 2.05) is 0 Å². The molecular weight excluding hydrogens is 272 g/mol. The fourth-order valence-corrected chi connectivity index (χ4v) is 6.32. The standard InChI is InChI=1S/2C10H18O/c2*1-9(2)7-4-5-10(9,3)8(11)6-7/h2*7-8,11H,4-6H2,1-3H3/t7-,8+,10-;7-,8-,10-/m11/s1. The lowest BCUT2D eigenvalue weighted by Gasteiger charge is -2.36. The summed E-state index contributed by atoms with van der Waals surface area (Å²) in [6.45, 7) is 13.8. The Bertz CT molecular complexity index is 413. The average Bonchev–Trinajstić information content (AvgIpc) is 2.91. The first-order valence-corrected chi connectivity index (χ1v) is 9.33. The van der Waals surface area contributed by atoms with Gasteiger partial charge in [0.25, 0.3) is 0 Å². The molecule has 6 atom stereocenters. The van der Waals surface area contributed by atoms with Gasteiger partial charge in [-0.3, -0.25) is 0 Å². The molecule has 4 saturated carbocycles. The van der Waals surface area contributed by atoms with Crippen molar-refractivity contribution in [3.05, 3.63) is 0 Å². The van der Waals surface area contributed by atoms with Crippen molar-refractivity contribution in [1.29, 1.82) is 0 Å². The van der Waals surface area contributed by atoms with Crippen molar-refractivity contribution in [1.82, 2.24) is 0 Å². The van der Waals surface area contributed by atoms with Crippen molar-refractivity contribution in [3.63, 3.8) is 0 Å². The summed E-state index contributed by atoms with van der Waals surface area (Å²) in [6, 6.07) is 0. The highest BCUT2D eigenvalue weighted by molar-refractivity contribution is 5.11. The molecule has 4 fully saturated rings. The fourth-order valence-electron chi connectivity index (χ4n) is 6.32. The Morgan fingerprint density at radius 3 is 1.05 bits per heavy atom. The SMILES string of the molecule is CC1(C)[C@@H]2CC[C@]1(C)[C@@H](O)C2.CC1(C)[C@@H]2CC[C@]1(C)[C@H](O)C2. The zero-order valence-electron chi connectivity index (χ0n) is 15.4. The highest BCUT2D eigenvalue weighted by Crippen LogP contribution is 2.66. The van der Waals surface area contributed by atoms with Gasteiger partial charge in [0.1, 0.15) is 0 Å². The first kappa shape index (κ1) is 16.8. The van der Waals surface area contributed by atoms with Crippen LogP contribution in [0.5, 0.6) is 0 Å². The van der Waals surface area contributed by atoms with Gasteiger partial charge in [0, 0.05) is 0 Å². The van der Waals surface area contributed by atoms with Crippen LogP contribution in [-0.4, -0.2) is 22.4 Å². The predicted octanol–water partition coefficient (Wildman–Crippen LogP) is 4.39. The van der Waals surface area contributed by atoms with Crippen molar-refractivity contribution in [2.24, 2.45) is 33.5 Å². The topological polar surface area (TPSA) is 40.5 Å². The van der Waals surface area contributed by atoms with E-state index in [-0.39, 0.29) is 23.0 Å². The van der Waals surface area contributed by atoms with Crippen LogP contribution >= 0.6 is 0 Å². The molecule has 0 aromatic heterocycles. The molecule has 128 valence electrons. The summed E-state index contributed by atoms with van der Waals surface area (Å²) in [7, 11) is 0. The lowest BCUT2D eigenvalue weighted by molar-refractivity contribution is 0.0125. The molecule has 0 unspecified atom stereocenters. The van der Waals surface area contributed by atoms with Crippen LogP contribution in [0.4, 0.5) is 0 Å². The normalized spacial score (nSPS) is 53.5. The first-order valence-electron chi connectivity index (χ1n) is 9.33. The second kappa shape index (κ2) is 4.72. The Labute approximate surface area is 136 Å². The molecule has 4 aliphatic rings. The maximum atomic E-state index is 9.81. The Balaban J connectivity index is 0.000000131. The van der Waals surface area contributed by atoms with Crippen LogP contribution in [0.1, 0.15) is 80.1 Å². The number of fused-ring (bicyclic) bond motifs is 4. The monoisotopic (exact) mass is 308 g/mol. The van der Waals surface area contributed by atoms with Crippen LogP contribution in [0.25, 0.3) is 0 Å². The molecule has 0 aliphatic heterocycles. The Hall–Kier alpha value is -0.0800. The minimum atomic E-state index is -0.0313. The highest BCUT2D eigenvalue weighted by atomic mass is 16.3. The molecule has 0 radical (unpaired) electrons. The molecule has 0 aromatic rings. The van der Waals surface area contributed by atoms with Gasteiger partial charge in [-0.2, -0.15) is 0 Å². The van der Waals surface area contributed by atoms with Gasteiger partial charge < -0.3 is 10.2 Å². The van der Waals surface area contributed by atoms with E-state index in [4.69, 9.17) is 0 Å². The largest absolute Gasteiger partial charge is 0.393 e. The van der Waals surface area contributed by atoms with Crippen LogP contribution in [0.3, 0.4) is 0 Å². The van der Waals surface area contributed by atoms with Crippen molar-refractivity contribution in [2.45, 2.75) is 92.3 Å².